The van der Waals surface area contributed by atoms with Crippen molar-refractivity contribution >= 4 is 22.6 Å². The van der Waals surface area contributed by atoms with Gasteiger partial charge < -0.3 is 11.1 Å². The smallest absolute Gasteiger partial charge is 0.253 e. The molecule has 2 rings (SSSR count). The van der Waals surface area contributed by atoms with Crippen molar-refractivity contribution in [1.82, 2.24) is 10.3 Å². The monoisotopic (exact) mass is 331 g/mol. The van der Waals surface area contributed by atoms with Gasteiger partial charge in [0.15, 0.2) is 0 Å². The average molecular weight is 331 g/mol. The van der Waals surface area contributed by atoms with E-state index in [9.17, 15) is 13.8 Å². The number of nitrogens with zero attached hydrogens (tertiary/aromatic N) is 1. The number of nitrogens with two attached hydrogens (primary N) is 1. The zero-order valence-electron chi connectivity index (χ0n) is 12.3. The summed E-state index contributed by atoms with van der Waals surface area (Å²) in [5, 5.41) is 2.55. The molecule has 2 amide bonds. The summed E-state index contributed by atoms with van der Waals surface area (Å²) in [6, 6.07) is 11.3. The van der Waals surface area contributed by atoms with Crippen molar-refractivity contribution < 1.29 is 13.8 Å². The van der Waals surface area contributed by atoms with Crippen LogP contribution in [0.5, 0.6) is 0 Å². The van der Waals surface area contributed by atoms with Crippen LogP contribution in [0.15, 0.2) is 59.8 Å². The Balaban J connectivity index is 1.96. The van der Waals surface area contributed by atoms with E-state index in [-0.39, 0.29) is 12.2 Å². The molecular formula is C16H17N3O3S. The molecule has 23 heavy (non-hydrogen) atoms. The Morgan fingerprint density at radius 3 is 2.52 bits per heavy atom. The maximum absolute atomic E-state index is 12.2. The van der Waals surface area contributed by atoms with Crippen LogP contribution in [-0.4, -0.2) is 32.8 Å². The standard InChI is InChI=1S/C16H17N3O3S/c17-15(20)14(19-16(21)12-5-4-9-18-11-12)8-10-23(22)13-6-2-1-3-7-13/h1-7,9,11,14H,8,10H2,(H2,17,20)(H,19,21)/t14-,23-/m0/s1. The number of amides is 2. The number of carbonyl (C=O) groups excluding carboxylic acids is 2. The normalized spacial score (nSPS) is 13.0. The van der Waals surface area contributed by atoms with Gasteiger partial charge in [0.1, 0.15) is 6.04 Å². The first-order valence-electron chi connectivity index (χ1n) is 7.01. The largest absolute Gasteiger partial charge is 0.368 e. The molecular weight excluding hydrogens is 314 g/mol. The molecule has 120 valence electrons. The molecule has 0 aliphatic carbocycles. The summed E-state index contributed by atoms with van der Waals surface area (Å²) >= 11 is 0. The Bertz CT molecular complexity index is 692. The van der Waals surface area contributed by atoms with Gasteiger partial charge in [-0.2, -0.15) is 0 Å². The highest BCUT2D eigenvalue weighted by molar-refractivity contribution is 7.85. The summed E-state index contributed by atoms with van der Waals surface area (Å²) in [4.78, 5) is 28.1. The lowest BCUT2D eigenvalue weighted by molar-refractivity contribution is -0.119. The molecule has 0 saturated carbocycles. The summed E-state index contributed by atoms with van der Waals surface area (Å²) in [5.74, 6) is -0.870. The van der Waals surface area contributed by atoms with Crippen molar-refractivity contribution in [1.29, 1.82) is 0 Å². The highest BCUT2D eigenvalue weighted by Crippen LogP contribution is 2.08. The molecule has 6 nitrogen and oxygen atoms in total. The van der Waals surface area contributed by atoms with Gasteiger partial charge in [-0.25, -0.2) is 0 Å². The topological polar surface area (TPSA) is 102 Å². The minimum Gasteiger partial charge on any atom is -0.368 e. The number of hydrogen-bond acceptors (Lipinski definition) is 4. The van der Waals surface area contributed by atoms with Gasteiger partial charge in [-0.05, 0) is 30.7 Å². The third-order valence-corrected chi connectivity index (χ3v) is 4.57. The number of benzene rings is 1. The maximum atomic E-state index is 12.2. The van der Waals surface area contributed by atoms with Crippen LogP contribution < -0.4 is 11.1 Å². The van der Waals surface area contributed by atoms with Crippen LogP contribution in [-0.2, 0) is 15.6 Å². The maximum Gasteiger partial charge on any atom is 0.253 e. The van der Waals surface area contributed by atoms with Crippen LogP contribution in [0.2, 0.25) is 0 Å². The van der Waals surface area contributed by atoms with E-state index in [2.05, 4.69) is 10.3 Å². The molecule has 2 atom stereocenters. The van der Waals surface area contributed by atoms with Crippen molar-refractivity contribution in [2.45, 2.75) is 17.4 Å². The fraction of sp³-hybridized carbons (Fsp3) is 0.188. The molecule has 1 aromatic carbocycles. The number of pyridine rings is 1. The first-order valence-corrected chi connectivity index (χ1v) is 8.33. The Hall–Kier alpha value is -2.54. The molecule has 2 aromatic rings. The summed E-state index contributed by atoms with van der Waals surface area (Å²) in [6.45, 7) is 0. The number of hydrogen-bond donors (Lipinski definition) is 2. The summed E-state index contributed by atoms with van der Waals surface area (Å²) in [7, 11) is -1.25. The van der Waals surface area contributed by atoms with E-state index in [1.165, 1.54) is 6.20 Å². The highest BCUT2D eigenvalue weighted by atomic mass is 32.2. The van der Waals surface area contributed by atoms with E-state index in [0.29, 0.717) is 10.5 Å². The zero-order chi connectivity index (χ0) is 16.7. The van der Waals surface area contributed by atoms with Gasteiger partial charge in [0.25, 0.3) is 5.91 Å². The van der Waals surface area contributed by atoms with E-state index in [0.717, 1.165) is 0 Å². The first kappa shape index (κ1) is 16.8. The molecule has 1 aromatic heterocycles. The van der Waals surface area contributed by atoms with Crippen molar-refractivity contribution in [3.05, 3.63) is 60.4 Å². The van der Waals surface area contributed by atoms with E-state index in [4.69, 9.17) is 5.73 Å². The molecule has 0 saturated heterocycles. The van der Waals surface area contributed by atoms with Crippen molar-refractivity contribution in [3.8, 4) is 0 Å². The number of aromatic nitrogens is 1. The van der Waals surface area contributed by atoms with Gasteiger partial charge in [-0.3, -0.25) is 18.8 Å². The Morgan fingerprint density at radius 1 is 1.17 bits per heavy atom. The van der Waals surface area contributed by atoms with Crippen LogP contribution in [0.4, 0.5) is 0 Å². The highest BCUT2D eigenvalue weighted by Gasteiger charge is 2.20. The third kappa shape index (κ3) is 5.00. The lowest BCUT2D eigenvalue weighted by Gasteiger charge is -2.15. The minimum atomic E-state index is -1.25. The molecule has 3 N–H and O–H groups in total. The van der Waals surface area contributed by atoms with Crippen LogP contribution >= 0.6 is 0 Å². The minimum absolute atomic E-state index is 0.197. The number of primary amides is 1. The Labute approximate surface area is 136 Å². The molecule has 0 radical (unpaired) electrons. The molecule has 0 fully saturated rings. The van der Waals surface area contributed by atoms with Crippen LogP contribution in [0.25, 0.3) is 0 Å². The predicted octanol–water partition coefficient (Wildman–Crippen LogP) is 0.863. The van der Waals surface area contributed by atoms with Gasteiger partial charge in [0, 0.05) is 23.0 Å². The van der Waals surface area contributed by atoms with Crippen molar-refractivity contribution in [2.75, 3.05) is 5.75 Å². The fourth-order valence-corrected chi connectivity index (χ4v) is 3.09. The lowest BCUT2D eigenvalue weighted by Crippen LogP contribution is -2.45. The lowest BCUT2D eigenvalue weighted by atomic mass is 10.2. The molecule has 0 spiro atoms. The van der Waals surface area contributed by atoms with Gasteiger partial charge in [-0.1, -0.05) is 18.2 Å². The van der Waals surface area contributed by atoms with Gasteiger partial charge in [0.05, 0.1) is 16.4 Å². The zero-order valence-corrected chi connectivity index (χ0v) is 13.2. The predicted molar refractivity (Wildman–Crippen MR) is 87.0 cm³/mol. The fourth-order valence-electron chi connectivity index (χ4n) is 1.94. The summed E-state index contributed by atoms with van der Waals surface area (Å²) < 4.78 is 12.2. The molecule has 0 aliphatic rings. The van der Waals surface area contributed by atoms with Crippen molar-refractivity contribution in [3.63, 3.8) is 0 Å². The third-order valence-electron chi connectivity index (χ3n) is 3.17. The molecule has 0 bridgehead atoms. The SMILES string of the molecule is NC(=O)[C@H](CC[S@](=O)c1ccccc1)NC(=O)c1cccnc1. The van der Waals surface area contributed by atoms with Crippen molar-refractivity contribution in [2.24, 2.45) is 5.73 Å². The number of nitrogens with one attached hydrogen (secondary N) is 1. The average Bonchev–Trinajstić information content (AvgIpc) is 2.59. The van der Waals surface area contributed by atoms with Gasteiger partial charge in [-0.15, -0.1) is 0 Å². The second-order valence-electron chi connectivity index (χ2n) is 4.82. The van der Waals surface area contributed by atoms with E-state index < -0.39 is 28.7 Å². The quantitative estimate of drug-likeness (QED) is 0.785. The molecule has 1 heterocycles. The second-order valence-corrected chi connectivity index (χ2v) is 6.39. The van der Waals surface area contributed by atoms with E-state index in [1.807, 2.05) is 6.07 Å². The Morgan fingerprint density at radius 2 is 1.91 bits per heavy atom. The van der Waals surface area contributed by atoms with E-state index >= 15 is 0 Å². The first-order chi connectivity index (χ1) is 11.1. The molecule has 0 aliphatic heterocycles. The summed E-state index contributed by atoms with van der Waals surface area (Å²) in [5.41, 5.74) is 5.66. The van der Waals surface area contributed by atoms with Crippen LogP contribution in [0.1, 0.15) is 16.8 Å². The van der Waals surface area contributed by atoms with Crippen LogP contribution in [0, 0.1) is 0 Å². The Kier molecular flexibility index (Phi) is 5.99. The van der Waals surface area contributed by atoms with Crippen LogP contribution in [0.3, 0.4) is 0 Å². The number of rotatable bonds is 7. The van der Waals surface area contributed by atoms with Gasteiger partial charge in [0.2, 0.25) is 5.91 Å². The van der Waals surface area contributed by atoms with E-state index in [1.54, 1.807) is 42.6 Å². The molecule has 7 heteroatoms. The second kappa shape index (κ2) is 8.19. The van der Waals surface area contributed by atoms with Gasteiger partial charge >= 0.3 is 0 Å². The summed E-state index contributed by atoms with van der Waals surface area (Å²) in [6.07, 6.45) is 3.14. The number of carbonyl (C=O) groups is 2. The molecule has 0 unspecified atom stereocenters.